The van der Waals surface area contributed by atoms with Gasteiger partial charge in [-0.1, -0.05) is 0 Å². The fourth-order valence-corrected chi connectivity index (χ4v) is 0.888. The highest BCUT2D eigenvalue weighted by molar-refractivity contribution is 4.86. The Morgan fingerprint density at radius 1 is 1.14 bits per heavy atom. The third-order valence-corrected chi connectivity index (χ3v) is 1.67. The van der Waals surface area contributed by atoms with Crippen molar-refractivity contribution in [1.29, 1.82) is 0 Å². The van der Waals surface area contributed by atoms with Crippen LogP contribution in [0.1, 0.15) is 6.42 Å². The first kappa shape index (κ1) is 5.06. The molecule has 1 fully saturated rings. The molecule has 4 N–H and O–H groups in total. The predicted octanol–water partition coefficient (Wildman–Crippen LogP) is -0.460. The van der Waals surface area contributed by atoms with Crippen LogP contribution < -0.4 is 11.5 Å². The van der Waals surface area contributed by atoms with Gasteiger partial charge in [0.2, 0.25) is 0 Å². The van der Waals surface area contributed by atoms with Crippen LogP contribution in [-0.4, -0.2) is 13.1 Å². The Hall–Kier alpha value is -0.0800. The zero-order chi connectivity index (χ0) is 5.28. The number of hydrogen-bond donors (Lipinski definition) is 2. The molecule has 0 spiro atoms. The summed E-state index contributed by atoms with van der Waals surface area (Å²) < 4.78 is 0. The molecule has 1 aliphatic rings. The SMILES string of the molecule is NC[C@@H]1C[C@@H]1CN. The zero-order valence-corrected chi connectivity index (χ0v) is 4.43. The molecule has 1 saturated carbocycles. The molecule has 7 heavy (non-hydrogen) atoms. The van der Waals surface area contributed by atoms with Gasteiger partial charge in [-0.25, -0.2) is 0 Å². The van der Waals surface area contributed by atoms with E-state index in [9.17, 15) is 0 Å². The number of hydrogen-bond acceptors (Lipinski definition) is 2. The van der Waals surface area contributed by atoms with Gasteiger partial charge in [-0.15, -0.1) is 0 Å². The van der Waals surface area contributed by atoms with Crippen LogP contribution in [0.5, 0.6) is 0 Å². The highest BCUT2D eigenvalue weighted by Gasteiger charge is 2.33. The highest BCUT2D eigenvalue weighted by atomic mass is 14.7. The minimum atomic E-state index is 0.769. The maximum atomic E-state index is 5.34. The first-order valence-corrected chi connectivity index (χ1v) is 2.78. The van der Waals surface area contributed by atoms with Gasteiger partial charge >= 0.3 is 0 Å². The maximum absolute atomic E-state index is 5.34. The summed E-state index contributed by atoms with van der Waals surface area (Å²) in [4.78, 5) is 0. The third kappa shape index (κ3) is 0.924. The minimum Gasteiger partial charge on any atom is -0.330 e. The number of nitrogens with two attached hydrogens (primary N) is 2. The van der Waals surface area contributed by atoms with E-state index >= 15 is 0 Å². The third-order valence-electron chi connectivity index (χ3n) is 1.67. The second-order valence-electron chi connectivity index (χ2n) is 2.23. The molecule has 0 aromatic carbocycles. The van der Waals surface area contributed by atoms with Crippen molar-refractivity contribution in [2.24, 2.45) is 23.3 Å². The van der Waals surface area contributed by atoms with Crippen LogP contribution in [0.2, 0.25) is 0 Å². The molecule has 0 aliphatic heterocycles. The van der Waals surface area contributed by atoms with E-state index in [2.05, 4.69) is 0 Å². The molecule has 0 bridgehead atoms. The van der Waals surface area contributed by atoms with Crippen LogP contribution in [0.3, 0.4) is 0 Å². The predicted molar refractivity (Wildman–Crippen MR) is 29.7 cm³/mol. The van der Waals surface area contributed by atoms with Gasteiger partial charge in [0.15, 0.2) is 0 Å². The monoisotopic (exact) mass is 100 g/mol. The Balaban J connectivity index is 2.06. The van der Waals surface area contributed by atoms with E-state index in [1.54, 1.807) is 0 Å². The summed E-state index contributed by atoms with van der Waals surface area (Å²) in [5, 5.41) is 0. The first-order chi connectivity index (χ1) is 3.38. The molecule has 1 aliphatic carbocycles. The first-order valence-electron chi connectivity index (χ1n) is 2.78. The average Bonchev–Trinajstić information content (AvgIpc) is 2.43. The van der Waals surface area contributed by atoms with Gasteiger partial charge in [-0.05, 0) is 31.3 Å². The van der Waals surface area contributed by atoms with Gasteiger partial charge in [-0.3, -0.25) is 0 Å². The zero-order valence-electron chi connectivity index (χ0n) is 4.43. The van der Waals surface area contributed by atoms with Crippen molar-refractivity contribution in [1.82, 2.24) is 0 Å². The molecule has 0 amide bonds. The average molecular weight is 100 g/mol. The molecular formula is C5H12N2. The lowest BCUT2D eigenvalue weighted by molar-refractivity contribution is 0.715. The van der Waals surface area contributed by atoms with Crippen LogP contribution in [0.25, 0.3) is 0 Å². The topological polar surface area (TPSA) is 52.0 Å². The van der Waals surface area contributed by atoms with E-state index in [0.29, 0.717) is 0 Å². The summed E-state index contributed by atoms with van der Waals surface area (Å²) in [6.07, 6.45) is 1.27. The molecule has 42 valence electrons. The van der Waals surface area contributed by atoms with Crippen LogP contribution in [0.4, 0.5) is 0 Å². The van der Waals surface area contributed by atoms with Crippen molar-refractivity contribution in [3.63, 3.8) is 0 Å². The van der Waals surface area contributed by atoms with E-state index in [4.69, 9.17) is 11.5 Å². The van der Waals surface area contributed by atoms with Crippen molar-refractivity contribution >= 4 is 0 Å². The Morgan fingerprint density at radius 3 is 1.71 bits per heavy atom. The summed E-state index contributed by atoms with van der Waals surface area (Å²) >= 11 is 0. The van der Waals surface area contributed by atoms with Crippen molar-refractivity contribution in [2.75, 3.05) is 13.1 Å². The van der Waals surface area contributed by atoms with Crippen molar-refractivity contribution in [3.05, 3.63) is 0 Å². The Bertz CT molecular complexity index is 55.1. The van der Waals surface area contributed by atoms with E-state index in [0.717, 1.165) is 24.9 Å². The van der Waals surface area contributed by atoms with Crippen molar-refractivity contribution < 1.29 is 0 Å². The molecule has 0 saturated heterocycles. The standard InChI is InChI=1S/C5H12N2/c6-2-4-1-5(4)3-7/h4-5H,1-3,6-7H2/t4-,5+. The van der Waals surface area contributed by atoms with Crippen LogP contribution in [0, 0.1) is 11.8 Å². The summed E-state index contributed by atoms with van der Waals surface area (Å²) in [6.45, 7) is 1.67. The van der Waals surface area contributed by atoms with Gasteiger partial charge in [-0.2, -0.15) is 0 Å². The minimum absolute atomic E-state index is 0.769. The van der Waals surface area contributed by atoms with Crippen LogP contribution >= 0.6 is 0 Å². The fourth-order valence-electron chi connectivity index (χ4n) is 0.888. The van der Waals surface area contributed by atoms with Crippen LogP contribution in [-0.2, 0) is 0 Å². The summed E-state index contributed by atoms with van der Waals surface area (Å²) in [6, 6.07) is 0. The lowest BCUT2D eigenvalue weighted by Crippen LogP contribution is -2.08. The molecule has 0 unspecified atom stereocenters. The van der Waals surface area contributed by atoms with Crippen LogP contribution in [0.15, 0.2) is 0 Å². The van der Waals surface area contributed by atoms with Crippen molar-refractivity contribution in [3.8, 4) is 0 Å². The van der Waals surface area contributed by atoms with Crippen molar-refractivity contribution in [2.45, 2.75) is 6.42 Å². The summed E-state index contributed by atoms with van der Waals surface area (Å²) in [5.74, 6) is 1.54. The van der Waals surface area contributed by atoms with Gasteiger partial charge in [0, 0.05) is 0 Å². The Labute approximate surface area is 43.9 Å². The molecule has 0 aromatic heterocycles. The lowest BCUT2D eigenvalue weighted by atomic mass is 10.3. The molecule has 2 nitrogen and oxygen atoms in total. The highest BCUT2D eigenvalue weighted by Crippen LogP contribution is 2.35. The van der Waals surface area contributed by atoms with Gasteiger partial charge < -0.3 is 11.5 Å². The molecule has 2 atom stereocenters. The molecular weight excluding hydrogens is 88.1 g/mol. The second kappa shape index (κ2) is 1.80. The maximum Gasteiger partial charge on any atom is -0.00456 e. The van der Waals surface area contributed by atoms with E-state index < -0.39 is 0 Å². The summed E-state index contributed by atoms with van der Waals surface area (Å²) in [7, 11) is 0. The normalized spacial score (nSPS) is 38.6. The lowest BCUT2D eigenvalue weighted by Gasteiger charge is -1.86. The molecule has 0 heterocycles. The molecule has 1 rings (SSSR count). The Morgan fingerprint density at radius 2 is 1.57 bits per heavy atom. The van der Waals surface area contributed by atoms with Gasteiger partial charge in [0.05, 0.1) is 0 Å². The quantitative estimate of drug-likeness (QED) is 0.493. The van der Waals surface area contributed by atoms with Gasteiger partial charge in [0.1, 0.15) is 0 Å². The van der Waals surface area contributed by atoms with E-state index in [1.807, 2.05) is 0 Å². The molecule has 0 aromatic rings. The molecule has 0 radical (unpaired) electrons. The Kier molecular flexibility index (Phi) is 1.30. The number of rotatable bonds is 2. The second-order valence-corrected chi connectivity index (χ2v) is 2.23. The smallest absolute Gasteiger partial charge is 0.00456 e. The van der Waals surface area contributed by atoms with E-state index in [-0.39, 0.29) is 0 Å². The molecule has 2 heteroatoms. The summed E-state index contributed by atoms with van der Waals surface area (Å²) in [5.41, 5.74) is 10.7. The fraction of sp³-hybridized carbons (Fsp3) is 1.00. The largest absolute Gasteiger partial charge is 0.330 e. The van der Waals surface area contributed by atoms with Gasteiger partial charge in [0.25, 0.3) is 0 Å². The van der Waals surface area contributed by atoms with E-state index in [1.165, 1.54) is 6.42 Å².